The molecule has 2 amide bonds. The molecule has 0 aromatic heterocycles. The van der Waals surface area contributed by atoms with Crippen LogP contribution in [-0.4, -0.2) is 63.3 Å². The third-order valence-corrected chi connectivity index (χ3v) is 6.66. The van der Waals surface area contributed by atoms with E-state index in [0.29, 0.717) is 48.4 Å². The Kier molecular flexibility index (Phi) is 9.70. The molecule has 1 N–H and O–H groups in total. The zero-order valence-corrected chi connectivity index (χ0v) is 22.4. The predicted molar refractivity (Wildman–Crippen MR) is 148 cm³/mol. The highest BCUT2D eigenvalue weighted by Crippen LogP contribution is 2.31. The number of benzene rings is 3. The van der Waals surface area contributed by atoms with E-state index in [-0.39, 0.29) is 6.03 Å². The van der Waals surface area contributed by atoms with Crippen LogP contribution >= 0.6 is 0 Å². The average Bonchev–Trinajstić information content (AvgIpc) is 3.48. The fraction of sp³-hybridized carbons (Fsp3) is 0.367. The van der Waals surface area contributed by atoms with Gasteiger partial charge in [0.25, 0.3) is 0 Å². The second-order valence-corrected chi connectivity index (χ2v) is 9.23. The number of nitrogens with one attached hydrogen (secondary N) is 1. The highest BCUT2D eigenvalue weighted by molar-refractivity contribution is 5.91. The first-order valence-electron chi connectivity index (χ1n) is 12.9. The van der Waals surface area contributed by atoms with E-state index in [0.717, 1.165) is 30.8 Å². The lowest BCUT2D eigenvalue weighted by atomic mass is 10.2. The molecule has 4 rings (SSSR count). The number of anilines is 1. The normalized spacial score (nSPS) is 13.1. The predicted octanol–water partition coefficient (Wildman–Crippen LogP) is 5.42. The molecular formula is C30H37N3O5. The van der Waals surface area contributed by atoms with E-state index >= 15 is 0 Å². The summed E-state index contributed by atoms with van der Waals surface area (Å²) < 4.78 is 22.4. The number of carbonyl (C=O) groups is 1. The molecule has 3 aromatic rings. The second kappa shape index (κ2) is 13.6. The molecule has 1 heterocycles. The van der Waals surface area contributed by atoms with Gasteiger partial charge in [-0.25, -0.2) is 4.79 Å². The Labute approximate surface area is 225 Å². The van der Waals surface area contributed by atoms with Gasteiger partial charge in [-0.15, -0.1) is 0 Å². The Morgan fingerprint density at radius 2 is 1.61 bits per heavy atom. The van der Waals surface area contributed by atoms with Gasteiger partial charge in [-0.2, -0.15) is 0 Å². The van der Waals surface area contributed by atoms with Gasteiger partial charge in [0.15, 0.2) is 11.5 Å². The van der Waals surface area contributed by atoms with E-state index in [9.17, 15) is 4.79 Å². The van der Waals surface area contributed by atoms with Crippen molar-refractivity contribution in [3.63, 3.8) is 0 Å². The first kappa shape index (κ1) is 27.1. The molecule has 0 aliphatic carbocycles. The smallest absolute Gasteiger partial charge is 0.322 e. The van der Waals surface area contributed by atoms with Crippen molar-refractivity contribution in [3.05, 3.63) is 77.9 Å². The first-order chi connectivity index (χ1) is 18.6. The van der Waals surface area contributed by atoms with Gasteiger partial charge < -0.3 is 34.1 Å². The standard InChI is InChI=1S/C30H37N3O5/c1-35-25-12-13-26(28(20-25)37-3)31-30(34)33(18-17-32-15-7-8-16-32)21-24-11-14-27(36-2)29(19-24)38-22-23-9-5-4-6-10-23/h4-6,9-14,19-20H,7-8,15-18,21-22H2,1-3H3,(H,31,34). The summed E-state index contributed by atoms with van der Waals surface area (Å²) >= 11 is 0. The Bertz CT molecular complexity index is 1180. The SMILES string of the molecule is COc1ccc(NC(=O)N(CCN2CCCC2)Cc2ccc(OC)c(OCc3ccccc3)c2)c(OC)c1. The Morgan fingerprint density at radius 1 is 0.842 bits per heavy atom. The van der Waals surface area contributed by atoms with Crippen molar-refractivity contribution in [1.29, 1.82) is 0 Å². The lowest BCUT2D eigenvalue weighted by Gasteiger charge is -2.26. The molecule has 0 bridgehead atoms. The quantitative estimate of drug-likeness (QED) is 0.345. The minimum Gasteiger partial charge on any atom is -0.497 e. The molecule has 1 aliphatic rings. The third-order valence-electron chi connectivity index (χ3n) is 6.66. The van der Waals surface area contributed by atoms with Crippen molar-refractivity contribution in [2.24, 2.45) is 0 Å². The summed E-state index contributed by atoms with van der Waals surface area (Å²) in [5, 5.41) is 3.02. The van der Waals surface area contributed by atoms with Crippen molar-refractivity contribution in [1.82, 2.24) is 9.80 Å². The number of rotatable bonds is 12. The molecule has 0 radical (unpaired) electrons. The zero-order valence-electron chi connectivity index (χ0n) is 22.4. The summed E-state index contributed by atoms with van der Waals surface area (Å²) in [7, 11) is 4.80. The van der Waals surface area contributed by atoms with Gasteiger partial charge in [0.2, 0.25) is 0 Å². The lowest BCUT2D eigenvalue weighted by Crippen LogP contribution is -2.40. The minimum absolute atomic E-state index is 0.199. The molecule has 0 spiro atoms. The van der Waals surface area contributed by atoms with E-state index in [1.807, 2.05) is 53.4 Å². The highest BCUT2D eigenvalue weighted by Gasteiger charge is 2.20. The molecule has 1 aliphatic heterocycles. The topological polar surface area (TPSA) is 72.5 Å². The van der Waals surface area contributed by atoms with Crippen molar-refractivity contribution >= 4 is 11.7 Å². The zero-order chi connectivity index (χ0) is 26.7. The maximum atomic E-state index is 13.5. The van der Waals surface area contributed by atoms with Gasteiger partial charge in [0, 0.05) is 25.7 Å². The van der Waals surface area contributed by atoms with E-state index < -0.39 is 0 Å². The fourth-order valence-electron chi connectivity index (χ4n) is 4.50. The highest BCUT2D eigenvalue weighted by atomic mass is 16.5. The monoisotopic (exact) mass is 519 g/mol. The number of nitrogens with zero attached hydrogens (tertiary/aromatic N) is 2. The number of hydrogen-bond donors (Lipinski definition) is 1. The van der Waals surface area contributed by atoms with Crippen LogP contribution in [0.25, 0.3) is 0 Å². The van der Waals surface area contributed by atoms with Crippen molar-refractivity contribution in [2.75, 3.05) is 52.8 Å². The number of urea groups is 1. The van der Waals surface area contributed by atoms with Gasteiger partial charge in [0.05, 0.1) is 27.0 Å². The molecule has 0 atom stereocenters. The van der Waals surface area contributed by atoms with Crippen LogP contribution in [0, 0.1) is 0 Å². The van der Waals surface area contributed by atoms with Crippen LogP contribution in [0.5, 0.6) is 23.0 Å². The van der Waals surface area contributed by atoms with E-state index in [1.165, 1.54) is 12.8 Å². The summed E-state index contributed by atoms with van der Waals surface area (Å²) in [6, 6.07) is 20.9. The van der Waals surface area contributed by atoms with Gasteiger partial charge in [0.1, 0.15) is 18.1 Å². The summed E-state index contributed by atoms with van der Waals surface area (Å²) in [5.41, 5.74) is 2.61. The van der Waals surface area contributed by atoms with E-state index in [1.54, 1.807) is 39.5 Å². The number of amides is 2. The van der Waals surface area contributed by atoms with Crippen LogP contribution in [0.1, 0.15) is 24.0 Å². The summed E-state index contributed by atoms with van der Waals surface area (Å²) in [6.07, 6.45) is 2.41. The number of likely N-dealkylation sites (tertiary alicyclic amines) is 1. The van der Waals surface area contributed by atoms with Gasteiger partial charge >= 0.3 is 6.03 Å². The van der Waals surface area contributed by atoms with Crippen LogP contribution in [0.2, 0.25) is 0 Å². The number of carbonyl (C=O) groups excluding carboxylic acids is 1. The molecule has 1 fully saturated rings. The fourth-order valence-corrected chi connectivity index (χ4v) is 4.50. The van der Waals surface area contributed by atoms with E-state index in [2.05, 4.69) is 10.2 Å². The maximum Gasteiger partial charge on any atom is 0.322 e. The molecule has 202 valence electrons. The Balaban J connectivity index is 1.51. The third kappa shape index (κ3) is 7.32. The first-order valence-corrected chi connectivity index (χ1v) is 12.9. The van der Waals surface area contributed by atoms with Crippen LogP contribution in [0.3, 0.4) is 0 Å². The van der Waals surface area contributed by atoms with Crippen LogP contribution in [0.4, 0.5) is 10.5 Å². The van der Waals surface area contributed by atoms with Crippen molar-refractivity contribution < 1.29 is 23.7 Å². The lowest BCUT2D eigenvalue weighted by molar-refractivity contribution is 0.197. The molecular weight excluding hydrogens is 482 g/mol. The van der Waals surface area contributed by atoms with Crippen LogP contribution < -0.4 is 24.3 Å². The molecule has 38 heavy (non-hydrogen) atoms. The Hall–Kier alpha value is -3.91. The average molecular weight is 520 g/mol. The maximum absolute atomic E-state index is 13.5. The summed E-state index contributed by atoms with van der Waals surface area (Å²) in [6.45, 7) is 4.40. The van der Waals surface area contributed by atoms with Gasteiger partial charge in [-0.05, 0) is 61.3 Å². The van der Waals surface area contributed by atoms with Gasteiger partial charge in [-0.3, -0.25) is 0 Å². The second-order valence-electron chi connectivity index (χ2n) is 9.23. The number of ether oxygens (including phenoxy) is 4. The summed E-state index contributed by atoms with van der Waals surface area (Å²) in [5.74, 6) is 2.50. The van der Waals surface area contributed by atoms with Crippen LogP contribution in [-0.2, 0) is 13.2 Å². The molecule has 3 aromatic carbocycles. The number of methoxy groups -OCH3 is 3. The molecule has 8 nitrogen and oxygen atoms in total. The van der Waals surface area contributed by atoms with E-state index in [4.69, 9.17) is 18.9 Å². The number of hydrogen-bond acceptors (Lipinski definition) is 6. The summed E-state index contributed by atoms with van der Waals surface area (Å²) in [4.78, 5) is 17.7. The largest absolute Gasteiger partial charge is 0.497 e. The molecule has 0 saturated carbocycles. The van der Waals surface area contributed by atoms with Crippen molar-refractivity contribution in [2.45, 2.75) is 26.0 Å². The van der Waals surface area contributed by atoms with Crippen molar-refractivity contribution in [3.8, 4) is 23.0 Å². The van der Waals surface area contributed by atoms with Gasteiger partial charge in [-0.1, -0.05) is 36.4 Å². The molecule has 8 heteroatoms. The minimum atomic E-state index is -0.199. The van der Waals surface area contributed by atoms with Crippen LogP contribution in [0.15, 0.2) is 66.7 Å². The molecule has 1 saturated heterocycles. The Morgan fingerprint density at radius 3 is 2.32 bits per heavy atom. The molecule has 0 unspecified atom stereocenters.